The lowest BCUT2D eigenvalue weighted by molar-refractivity contribution is 0.387. The topological polar surface area (TPSA) is 57.5 Å². The van der Waals surface area contributed by atoms with Crippen LogP contribution in [0.5, 0.6) is 0 Å². The van der Waals surface area contributed by atoms with Crippen molar-refractivity contribution in [3.8, 4) is 11.8 Å². The van der Waals surface area contributed by atoms with Gasteiger partial charge in [0.05, 0.1) is 5.30 Å². The van der Waals surface area contributed by atoms with E-state index in [0.29, 0.717) is 5.56 Å². The predicted octanol–water partition coefficient (Wildman–Crippen LogP) is 0.861. The molecule has 0 amide bonds. The van der Waals surface area contributed by atoms with Crippen LogP contribution in [-0.2, 0) is 4.57 Å². The summed E-state index contributed by atoms with van der Waals surface area (Å²) in [7, 11) is -4.19. The first-order chi connectivity index (χ1) is 6.05. The zero-order valence-electron chi connectivity index (χ0n) is 7.06. The fourth-order valence-corrected chi connectivity index (χ4v) is 1.69. The molecule has 0 bridgehead atoms. The van der Waals surface area contributed by atoms with Crippen LogP contribution < -0.4 is 5.30 Å². The van der Waals surface area contributed by atoms with Gasteiger partial charge in [-0.1, -0.05) is 18.1 Å². The van der Waals surface area contributed by atoms with Crippen LogP contribution in [0.2, 0.25) is 0 Å². The van der Waals surface area contributed by atoms with Crippen molar-refractivity contribution in [1.82, 2.24) is 0 Å². The van der Waals surface area contributed by atoms with Gasteiger partial charge in [-0.2, -0.15) is 0 Å². The highest BCUT2D eigenvalue weighted by Crippen LogP contribution is 2.34. The van der Waals surface area contributed by atoms with E-state index in [-0.39, 0.29) is 5.30 Å². The lowest BCUT2D eigenvalue weighted by atomic mass is 10.2. The third-order valence-corrected chi connectivity index (χ3v) is 2.50. The Morgan fingerprint density at radius 1 is 1.31 bits per heavy atom. The smallest absolute Gasteiger partial charge is 0.321 e. The Balaban J connectivity index is 3.34. The Hall–Kier alpha value is -1.07. The molecule has 1 aromatic rings. The molecule has 13 heavy (non-hydrogen) atoms. The molecule has 1 aromatic carbocycles. The van der Waals surface area contributed by atoms with Crippen molar-refractivity contribution < 1.29 is 14.4 Å². The second kappa shape index (κ2) is 3.76. The second-order valence-electron chi connectivity index (χ2n) is 2.44. The first-order valence-electron chi connectivity index (χ1n) is 3.63. The van der Waals surface area contributed by atoms with E-state index in [4.69, 9.17) is 9.79 Å². The largest absolute Gasteiger partial charge is 0.357 e. The molecule has 0 saturated carbocycles. The molecule has 4 heteroatoms. The van der Waals surface area contributed by atoms with Crippen LogP contribution in [0, 0.1) is 11.8 Å². The second-order valence-corrected chi connectivity index (χ2v) is 4.01. The maximum atomic E-state index is 11.0. The Bertz CT molecular complexity index is 408. The fraction of sp³-hybridized carbons (Fsp3) is 0.111. The van der Waals surface area contributed by atoms with Gasteiger partial charge < -0.3 is 9.79 Å². The van der Waals surface area contributed by atoms with E-state index < -0.39 is 7.60 Å². The molecule has 0 aliphatic carbocycles. The molecule has 3 nitrogen and oxygen atoms in total. The van der Waals surface area contributed by atoms with Gasteiger partial charge >= 0.3 is 7.60 Å². The molecule has 1 rings (SSSR count). The summed E-state index contributed by atoms with van der Waals surface area (Å²) < 4.78 is 11.0. The molecule has 0 heterocycles. The van der Waals surface area contributed by atoms with Crippen LogP contribution >= 0.6 is 7.60 Å². The minimum Gasteiger partial charge on any atom is -0.321 e. The zero-order valence-corrected chi connectivity index (χ0v) is 7.95. The maximum absolute atomic E-state index is 11.0. The standard InChI is InChI=1S/C9H9O3P/c1-2-5-8-6-3-4-7-9(8)13(10,11)12/h3-4,6-7H,1H3,(H2,10,11,12). The van der Waals surface area contributed by atoms with Gasteiger partial charge in [0.1, 0.15) is 0 Å². The van der Waals surface area contributed by atoms with Gasteiger partial charge in [-0.05, 0) is 19.1 Å². The molecule has 0 fully saturated rings. The number of hydrogen-bond donors (Lipinski definition) is 2. The molecular weight excluding hydrogens is 187 g/mol. The number of benzene rings is 1. The fourth-order valence-electron chi connectivity index (χ4n) is 0.968. The molecule has 0 radical (unpaired) electrons. The molecule has 0 saturated heterocycles. The van der Waals surface area contributed by atoms with E-state index in [0.717, 1.165) is 0 Å². The molecule has 68 valence electrons. The summed E-state index contributed by atoms with van der Waals surface area (Å²) in [5.41, 5.74) is 0.387. The van der Waals surface area contributed by atoms with Crippen LogP contribution in [0.15, 0.2) is 24.3 Å². The van der Waals surface area contributed by atoms with Gasteiger partial charge in [0.15, 0.2) is 0 Å². The van der Waals surface area contributed by atoms with E-state index >= 15 is 0 Å². The number of hydrogen-bond acceptors (Lipinski definition) is 1. The first kappa shape index (κ1) is 10.0. The van der Waals surface area contributed by atoms with Crippen molar-refractivity contribution >= 4 is 12.9 Å². The van der Waals surface area contributed by atoms with Crippen molar-refractivity contribution in [3.63, 3.8) is 0 Å². The summed E-state index contributed by atoms with van der Waals surface area (Å²) in [5, 5.41) is -0.00986. The van der Waals surface area contributed by atoms with Gasteiger partial charge in [-0.15, -0.1) is 5.92 Å². The summed E-state index contributed by atoms with van der Waals surface area (Å²) in [5.74, 6) is 5.24. The summed E-state index contributed by atoms with van der Waals surface area (Å²) in [4.78, 5) is 17.9. The molecule has 0 unspecified atom stereocenters. The lowest BCUT2D eigenvalue weighted by Gasteiger charge is -2.05. The quantitative estimate of drug-likeness (QED) is 0.517. The van der Waals surface area contributed by atoms with Crippen LogP contribution in [-0.4, -0.2) is 9.79 Å². The average Bonchev–Trinajstić information content (AvgIpc) is 2.04. The summed E-state index contributed by atoms with van der Waals surface area (Å²) in [6.07, 6.45) is 0. The molecule has 0 atom stereocenters. The number of rotatable bonds is 1. The highest BCUT2D eigenvalue weighted by Gasteiger charge is 2.19. The van der Waals surface area contributed by atoms with Crippen LogP contribution in [0.3, 0.4) is 0 Å². The highest BCUT2D eigenvalue weighted by atomic mass is 31.2. The monoisotopic (exact) mass is 196 g/mol. The third-order valence-electron chi connectivity index (χ3n) is 1.48. The first-order valence-corrected chi connectivity index (χ1v) is 5.25. The molecule has 0 aliphatic heterocycles. The Labute approximate surface area is 76.6 Å². The van der Waals surface area contributed by atoms with Crippen molar-refractivity contribution in [1.29, 1.82) is 0 Å². The third kappa shape index (κ3) is 2.43. The summed E-state index contributed by atoms with van der Waals surface area (Å²) in [6, 6.07) is 6.25. The van der Waals surface area contributed by atoms with Gasteiger partial charge in [-0.25, -0.2) is 0 Å². The normalized spacial score (nSPS) is 10.4. The Morgan fingerprint density at radius 2 is 1.92 bits per heavy atom. The van der Waals surface area contributed by atoms with E-state index in [1.165, 1.54) is 6.07 Å². The average molecular weight is 196 g/mol. The molecule has 2 N–H and O–H groups in total. The summed E-state index contributed by atoms with van der Waals surface area (Å²) in [6.45, 7) is 1.62. The van der Waals surface area contributed by atoms with Crippen LogP contribution in [0.25, 0.3) is 0 Å². The Morgan fingerprint density at radius 3 is 2.46 bits per heavy atom. The van der Waals surface area contributed by atoms with Gasteiger partial charge in [0.2, 0.25) is 0 Å². The van der Waals surface area contributed by atoms with E-state index in [2.05, 4.69) is 11.8 Å². The van der Waals surface area contributed by atoms with Crippen molar-refractivity contribution in [3.05, 3.63) is 29.8 Å². The van der Waals surface area contributed by atoms with Gasteiger partial charge in [0, 0.05) is 5.56 Å². The van der Waals surface area contributed by atoms with Crippen molar-refractivity contribution in [2.24, 2.45) is 0 Å². The molecular formula is C9H9O3P. The highest BCUT2D eigenvalue weighted by molar-refractivity contribution is 7.60. The van der Waals surface area contributed by atoms with Crippen LogP contribution in [0.4, 0.5) is 0 Å². The van der Waals surface area contributed by atoms with Crippen molar-refractivity contribution in [2.45, 2.75) is 6.92 Å². The maximum Gasteiger partial charge on any atom is 0.357 e. The lowest BCUT2D eigenvalue weighted by Crippen LogP contribution is -2.07. The minimum absolute atomic E-state index is 0.00986. The van der Waals surface area contributed by atoms with E-state index in [1.54, 1.807) is 25.1 Å². The van der Waals surface area contributed by atoms with Gasteiger partial charge in [0.25, 0.3) is 0 Å². The van der Waals surface area contributed by atoms with Gasteiger partial charge in [-0.3, -0.25) is 4.57 Å². The Kier molecular flexibility index (Phi) is 2.90. The molecule has 0 spiro atoms. The van der Waals surface area contributed by atoms with Crippen molar-refractivity contribution in [2.75, 3.05) is 0 Å². The predicted molar refractivity (Wildman–Crippen MR) is 50.7 cm³/mol. The SMILES string of the molecule is CC#Cc1ccccc1P(=O)(O)O. The molecule has 0 aliphatic rings. The van der Waals surface area contributed by atoms with E-state index in [9.17, 15) is 4.57 Å². The minimum atomic E-state index is -4.19. The zero-order chi connectivity index (χ0) is 9.90. The van der Waals surface area contributed by atoms with E-state index in [1.807, 2.05) is 0 Å². The summed E-state index contributed by atoms with van der Waals surface area (Å²) >= 11 is 0. The molecule has 0 aromatic heterocycles. The van der Waals surface area contributed by atoms with Crippen LogP contribution in [0.1, 0.15) is 12.5 Å².